The Balaban J connectivity index is 0.00000300. The molecule has 0 unspecified atom stereocenters. The van der Waals surface area contributed by atoms with Crippen LogP contribution in [0.1, 0.15) is 56.8 Å². The Labute approximate surface area is 188 Å². The van der Waals surface area contributed by atoms with Crippen LogP contribution in [0.2, 0.25) is 0 Å². The number of halogens is 1. The molecule has 2 N–H and O–H groups in total. The first kappa shape index (κ1) is 23.1. The van der Waals surface area contributed by atoms with E-state index in [1.807, 2.05) is 41.8 Å². The van der Waals surface area contributed by atoms with E-state index < -0.39 is 0 Å². The molecule has 9 heteroatoms. The number of aromatic nitrogens is 4. The van der Waals surface area contributed by atoms with Gasteiger partial charge in [0.1, 0.15) is 12.4 Å². The molecule has 0 aliphatic heterocycles. The molecule has 0 saturated carbocycles. The molecule has 0 bridgehead atoms. The van der Waals surface area contributed by atoms with Gasteiger partial charge in [-0.3, -0.25) is 4.40 Å². The van der Waals surface area contributed by atoms with Gasteiger partial charge in [0.25, 0.3) is 0 Å². The molecule has 0 saturated heterocycles. The van der Waals surface area contributed by atoms with Gasteiger partial charge in [-0.15, -0.1) is 34.2 Å². The monoisotopic (exact) mass is 511 g/mol. The summed E-state index contributed by atoms with van der Waals surface area (Å²) in [6.45, 7) is 8.34. The van der Waals surface area contributed by atoms with Crippen molar-refractivity contribution in [3.8, 4) is 0 Å². The predicted molar refractivity (Wildman–Crippen MR) is 125 cm³/mol. The average molecular weight is 511 g/mol. The second kappa shape index (κ2) is 11.7. The Morgan fingerprint density at radius 3 is 2.76 bits per heavy atom. The van der Waals surface area contributed by atoms with Gasteiger partial charge in [-0.2, -0.15) is 0 Å². The molecule has 0 radical (unpaired) electrons. The van der Waals surface area contributed by atoms with Gasteiger partial charge in [0.05, 0.1) is 5.69 Å². The normalized spacial score (nSPS) is 11.7. The first-order chi connectivity index (χ1) is 13.7. The van der Waals surface area contributed by atoms with Crippen molar-refractivity contribution in [3.63, 3.8) is 0 Å². The van der Waals surface area contributed by atoms with E-state index in [-0.39, 0.29) is 24.0 Å². The summed E-state index contributed by atoms with van der Waals surface area (Å²) >= 11 is 0. The molecule has 0 aliphatic carbocycles. The minimum absolute atomic E-state index is 0. The molecule has 29 heavy (non-hydrogen) atoms. The molecule has 0 aromatic carbocycles. The van der Waals surface area contributed by atoms with Crippen molar-refractivity contribution in [2.75, 3.05) is 13.1 Å². The summed E-state index contributed by atoms with van der Waals surface area (Å²) in [5, 5.41) is 19.2. The molecule has 3 heterocycles. The molecule has 3 aromatic heterocycles. The van der Waals surface area contributed by atoms with Gasteiger partial charge in [-0.1, -0.05) is 25.1 Å². The second-order valence-electron chi connectivity index (χ2n) is 6.65. The van der Waals surface area contributed by atoms with Crippen molar-refractivity contribution < 1.29 is 4.52 Å². The summed E-state index contributed by atoms with van der Waals surface area (Å²) in [5.74, 6) is 2.90. The van der Waals surface area contributed by atoms with Crippen molar-refractivity contribution in [1.29, 1.82) is 0 Å². The van der Waals surface area contributed by atoms with Gasteiger partial charge < -0.3 is 15.2 Å². The quantitative estimate of drug-likeness (QED) is 0.260. The maximum Gasteiger partial charge on any atom is 0.191 e. The number of guanidine groups is 1. The van der Waals surface area contributed by atoms with E-state index in [1.165, 1.54) is 0 Å². The SMILES string of the molecule is CCNC(=NCc1cc(C(CC)CC)no1)NCCc1nnc2ccccn12.I. The number of hydrogen-bond acceptors (Lipinski definition) is 5. The summed E-state index contributed by atoms with van der Waals surface area (Å²) < 4.78 is 7.45. The zero-order valence-electron chi connectivity index (χ0n) is 17.3. The number of pyridine rings is 1. The highest BCUT2D eigenvalue weighted by Crippen LogP contribution is 2.22. The Hall–Kier alpha value is -2.17. The number of nitrogens with zero attached hydrogens (tertiary/aromatic N) is 5. The molecular weight excluding hydrogens is 481 g/mol. The lowest BCUT2D eigenvalue weighted by atomic mass is 9.99. The van der Waals surface area contributed by atoms with Gasteiger partial charge in [-0.05, 0) is 31.9 Å². The van der Waals surface area contributed by atoms with Crippen LogP contribution in [0.25, 0.3) is 5.65 Å². The van der Waals surface area contributed by atoms with Crippen LogP contribution in [0.15, 0.2) is 40.0 Å². The van der Waals surface area contributed by atoms with Crippen LogP contribution in [0.5, 0.6) is 0 Å². The van der Waals surface area contributed by atoms with Gasteiger partial charge in [0, 0.05) is 37.7 Å². The highest BCUT2D eigenvalue weighted by atomic mass is 127. The number of hydrogen-bond donors (Lipinski definition) is 2. The number of aliphatic imine (C=N–C) groups is 1. The van der Waals surface area contributed by atoms with Crippen LogP contribution in [0.3, 0.4) is 0 Å². The molecule has 8 nitrogen and oxygen atoms in total. The van der Waals surface area contributed by atoms with E-state index in [9.17, 15) is 0 Å². The van der Waals surface area contributed by atoms with Crippen LogP contribution in [-0.4, -0.2) is 38.8 Å². The van der Waals surface area contributed by atoms with E-state index in [1.54, 1.807) is 0 Å². The first-order valence-corrected chi connectivity index (χ1v) is 10.0. The number of fused-ring (bicyclic) bond motifs is 1. The third-order valence-electron chi connectivity index (χ3n) is 4.74. The maximum absolute atomic E-state index is 5.46. The molecular formula is C20H30IN7O. The largest absolute Gasteiger partial charge is 0.359 e. The summed E-state index contributed by atoms with van der Waals surface area (Å²) in [7, 11) is 0. The maximum atomic E-state index is 5.46. The number of nitrogens with one attached hydrogen (secondary N) is 2. The van der Waals surface area contributed by atoms with Crippen molar-refractivity contribution in [1.82, 2.24) is 30.4 Å². The Bertz CT molecular complexity index is 901. The molecule has 0 spiro atoms. The summed E-state index contributed by atoms with van der Waals surface area (Å²) in [4.78, 5) is 4.61. The van der Waals surface area contributed by atoms with Gasteiger partial charge >= 0.3 is 0 Å². The molecule has 0 amide bonds. The van der Waals surface area contributed by atoms with Gasteiger partial charge in [0.15, 0.2) is 17.4 Å². The highest BCUT2D eigenvalue weighted by molar-refractivity contribution is 14.0. The summed E-state index contributed by atoms with van der Waals surface area (Å²) in [6, 6.07) is 7.90. The van der Waals surface area contributed by atoms with Crippen molar-refractivity contribution in [2.24, 2.45) is 4.99 Å². The fourth-order valence-electron chi connectivity index (χ4n) is 3.16. The standard InChI is InChI=1S/C20H29N7O.HI/c1-4-15(5-2)17-13-16(28-26-17)14-23-20(21-6-3)22-11-10-19-25-24-18-9-7-8-12-27(18)19;/h7-9,12-13,15H,4-6,10-11,14H2,1-3H3,(H2,21,22,23);1H. The predicted octanol–water partition coefficient (Wildman–Crippen LogP) is 3.54. The fourth-order valence-corrected chi connectivity index (χ4v) is 3.16. The minimum Gasteiger partial charge on any atom is -0.359 e. The van der Waals surface area contributed by atoms with Crippen LogP contribution in [-0.2, 0) is 13.0 Å². The topological polar surface area (TPSA) is 92.6 Å². The summed E-state index contributed by atoms with van der Waals surface area (Å²) in [5.41, 5.74) is 1.88. The van der Waals surface area contributed by atoms with Gasteiger partial charge in [0.2, 0.25) is 0 Å². The molecule has 158 valence electrons. The van der Waals surface area contributed by atoms with E-state index in [0.29, 0.717) is 19.0 Å². The lowest BCUT2D eigenvalue weighted by Crippen LogP contribution is -2.38. The van der Waals surface area contributed by atoms with Crippen LogP contribution in [0, 0.1) is 0 Å². The van der Waals surface area contributed by atoms with Crippen molar-refractivity contribution >= 4 is 35.6 Å². The number of rotatable bonds is 9. The zero-order valence-corrected chi connectivity index (χ0v) is 19.6. The molecule has 0 fully saturated rings. The van der Waals surface area contributed by atoms with Crippen molar-refractivity contribution in [2.45, 2.75) is 52.5 Å². The third-order valence-corrected chi connectivity index (χ3v) is 4.74. The lowest BCUT2D eigenvalue weighted by Gasteiger charge is -2.10. The third kappa shape index (κ3) is 6.15. The first-order valence-electron chi connectivity index (χ1n) is 10.0. The van der Waals surface area contributed by atoms with E-state index >= 15 is 0 Å². The summed E-state index contributed by atoms with van der Waals surface area (Å²) in [6.07, 6.45) is 4.85. The zero-order chi connectivity index (χ0) is 19.8. The average Bonchev–Trinajstić information content (AvgIpc) is 3.35. The molecule has 0 aliphatic rings. The van der Waals surface area contributed by atoms with Gasteiger partial charge in [-0.25, -0.2) is 4.99 Å². The molecule has 3 rings (SSSR count). The van der Waals surface area contributed by atoms with Crippen LogP contribution in [0.4, 0.5) is 0 Å². The highest BCUT2D eigenvalue weighted by Gasteiger charge is 2.13. The van der Waals surface area contributed by atoms with E-state index in [0.717, 1.165) is 54.7 Å². The van der Waals surface area contributed by atoms with E-state index in [4.69, 9.17) is 4.52 Å². The lowest BCUT2D eigenvalue weighted by molar-refractivity contribution is 0.372. The molecule has 0 atom stereocenters. The van der Waals surface area contributed by atoms with Crippen LogP contribution < -0.4 is 10.6 Å². The Kier molecular flexibility index (Phi) is 9.36. The second-order valence-corrected chi connectivity index (χ2v) is 6.65. The Morgan fingerprint density at radius 2 is 2.00 bits per heavy atom. The minimum atomic E-state index is 0. The fraction of sp³-hybridized carbons (Fsp3) is 0.500. The molecule has 3 aromatic rings. The van der Waals surface area contributed by atoms with Crippen molar-refractivity contribution in [3.05, 3.63) is 47.7 Å². The van der Waals surface area contributed by atoms with E-state index in [2.05, 4.69) is 44.8 Å². The smallest absolute Gasteiger partial charge is 0.191 e. The van der Waals surface area contributed by atoms with Crippen LogP contribution >= 0.6 is 24.0 Å². The Morgan fingerprint density at radius 1 is 1.17 bits per heavy atom.